The van der Waals surface area contributed by atoms with Gasteiger partial charge in [0.1, 0.15) is 6.54 Å². The van der Waals surface area contributed by atoms with Crippen LogP contribution < -0.4 is 0 Å². The Kier molecular flexibility index (Phi) is 3.53. The van der Waals surface area contributed by atoms with E-state index in [9.17, 15) is 0 Å². The second kappa shape index (κ2) is 5.07. The summed E-state index contributed by atoms with van der Waals surface area (Å²) in [6.45, 7) is 2.02. The SMILES string of the molecule is C[N+]1(C)Cc2c(Cl)cc(Cl)cc2C(c2ccccc2)C1. The molecular formula is C17H18Cl2N+. The molecule has 0 amide bonds. The topological polar surface area (TPSA) is 0 Å². The normalized spacial score (nSPS) is 20.5. The van der Waals surface area contributed by atoms with Gasteiger partial charge in [0.15, 0.2) is 0 Å². The number of nitrogens with zero attached hydrogens (tertiary/aromatic N) is 1. The molecule has 1 aliphatic heterocycles. The Morgan fingerprint density at radius 1 is 1.05 bits per heavy atom. The Labute approximate surface area is 130 Å². The van der Waals surface area contributed by atoms with Gasteiger partial charge in [-0.3, -0.25) is 0 Å². The van der Waals surface area contributed by atoms with Crippen molar-refractivity contribution in [1.29, 1.82) is 0 Å². The van der Waals surface area contributed by atoms with Gasteiger partial charge in [-0.05, 0) is 23.3 Å². The summed E-state index contributed by atoms with van der Waals surface area (Å²) < 4.78 is 0.938. The molecule has 0 fully saturated rings. The molecule has 3 rings (SSSR count). The maximum Gasteiger partial charge on any atom is 0.106 e. The summed E-state index contributed by atoms with van der Waals surface area (Å²) in [7, 11) is 4.51. The van der Waals surface area contributed by atoms with E-state index >= 15 is 0 Å². The molecule has 1 atom stereocenters. The van der Waals surface area contributed by atoms with Crippen LogP contribution in [0.15, 0.2) is 42.5 Å². The van der Waals surface area contributed by atoms with Crippen LogP contribution in [0.3, 0.4) is 0 Å². The number of likely N-dealkylation sites (N-methyl/N-ethyl adjacent to an activating group) is 1. The maximum absolute atomic E-state index is 6.43. The zero-order valence-corrected chi connectivity index (χ0v) is 13.2. The second-order valence-corrected chi connectivity index (χ2v) is 7.04. The van der Waals surface area contributed by atoms with Gasteiger partial charge in [0.2, 0.25) is 0 Å². The molecule has 3 heteroatoms. The highest BCUT2D eigenvalue weighted by atomic mass is 35.5. The van der Waals surface area contributed by atoms with Gasteiger partial charge in [-0.2, -0.15) is 0 Å². The van der Waals surface area contributed by atoms with E-state index in [1.165, 1.54) is 16.7 Å². The van der Waals surface area contributed by atoms with Gasteiger partial charge in [-0.15, -0.1) is 0 Å². The lowest BCUT2D eigenvalue weighted by atomic mass is 9.84. The monoisotopic (exact) mass is 306 g/mol. The fourth-order valence-corrected chi connectivity index (χ4v) is 3.73. The predicted octanol–water partition coefficient (Wildman–Crippen LogP) is 4.72. The highest BCUT2D eigenvalue weighted by Gasteiger charge is 2.34. The molecule has 1 nitrogen and oxygen atoms in total. The van der Waals surface area contributed by atoms with Crippen LogP contribution in [0.25, 0.3) is 0 Å². The van der Waals surface area contributed by atoms with Gasteiger partial charge in [-0.25, -0.2) is 0 Å². The lowest BCUT2D eigenvalue weighted by Crippen LogP contribution is -2.46. The van der Waals surface area contributed by atoms with Gasteiger partial charge < -0.3 is 4.48 Å². The van der Waals surface area contributed by atoms with Crippen molar-refractivity contribution in [1.82, 2.24) is 0 Å². The number of halogens is 2. The van der Waals surface area contributed by atoms with E-state index in [0.717, 1.165) is 27.6 Å². The first kappa shape index (κ1) is 13.9. The number of quaternary nitrogens is 1. The minimum absolute atomic E-state index is 0.353. The summed E-state index contributed by atoms with van der Waals surface area (Å²) in [5.74, 6) is 0.353. The molecule has 0 spiro atoms. The molecule has 2 aromatic rings. The fraction of sp³-hybridized carbons (Fsp3) is 0.294. The summed E-state index contributed by atoms with van der Waals surface area (Å²) >= 11 is 12.6. The van der Waals surface area contributed by atoms with Crippen LogP contribution in [0.4, 0.5) is 0 Å². The molecule has 104 valence electrons. The molecule has 0 bridgehead atoms. The lowest BCUT2D eigenvalue weighted by molar-refractivity contribution is -0.906. The van der Waals surface area contributed by atoms with Crippen LogP contribution in [-0.2, 0) is 6.54 Å². The Morgan fingerprint density at radius 2 is 1.75 bits per heavy atom. The zero-order chi connectivity index (χ0) is 14.3. The lowest BCUT2D eigenvalue weighted by Gasteiger charge is -2.40. The summed E-state index contributed by atoms with van der Waals surface area (Å²) in [6.07, 6.45) is 0. The van der Waals surface area contributed by atoms with Crippen molar-refractivity contribution in [3.8, 4) is 0 Å². The van der Waals surface area contributed by atoms with E-state index in [0.29, 0.717) is 5.92 Å². The highest BCUT2D eigenvalue weighted by Crippen LogP contribution is 2.40. The van der Waals surface area contributed by atoms with E-state index in [1.807, 2.05) is 6.07 Å². The summed E-state index contributed by atoms with van der Waals surface area (Å²) in [5.41, 5.74) is 3.85. The third-order valence-corrected chi connectivity index (χ3v) is 4.59. The quantitative estimate of drug-likeness (QED) is 0.669. The number of benzene rings is 2. The van der Waals surface area contributed by atoms with Crippen LogP contribution in [0.5, 0.6) is 0 Å². The number of hydrogen-bond donors (Lipinski definition) is 0. The van der Waals surface area contributed by atoms with Crippen molar-refractivity contribution in [3.63, 3.8) is 0 Å². The van der Waals surface area contributed by atoms with Crippen LogP contribution >= 0.6 is 23.2 Å². The molecule has 0 saturated heterocycles. The molecule has 0 radical (unpaired) electrons. The minimum atomic E-state index is 0.353. The average molecular weight is 307 g/mol. The van der Waals surface area contributed by atoms with E-state index in [2.05, 4.69) is 50.5 Å². The van der Waals surface area contributed by atoms with Crippen LogP contribution in [-0.4, -0.2) is 25.1 Å². The molecule has 2 aromatic carbocycles. The molecule has 0 N–H and O–H groups in total. The minimum Gasteiger partial charge on any atom is -0.324 e. The molecule has 0 saturated carbocycles. The van der Waals surface area contributed by atoms with Crippen molar-refractivity contribution >= 4 is 23.2 Å². The Hall–Kier alpha value is -1.02. The molecule has 1 unspecified atom stereocenters. The van der Waals surface area contributed by atoms with Gasteiger partial charge in [0.05, 0.1) is 31.6 Å². The summed E-state index contributed by atoms with van der Waals surface area (Å²) in [6, 6.07) is 14.6. The van der Waals surface area contributed by atoms with E-state index in [1.54, 1.807) is 0 Å². The third kappa shape index (κ3) is 2.58. The number of hydrogen-bond acceptors (Lipinski definition) is 0. The van der Waals surface area contributed by atoms with Crippen molar-refractivity contribution in [2.24, 2.45) is 0 Å². The largest absolute Gasteiger partial charge is 0.324 e. The van der Waals surface area contributed by atoms with Gasteiger partial charge in [-0.1, -0.05) is 53.5 Å². The molecular weight excluding hydrogens is 289 g/mol. The summed E-state index contributed by atoms with van der Waals surface area (Å²) in [5, 5.41) is 1.52. The zero-order valence-electron chi connectivity index (χ0n) is 11.7. The molecule has 0 aliphatic carbocycles. The molecule has 1 heterocycles. The van der Waals surface area contributed by atoms with E-state index in [4.69, 9.17) is 23.2 Å². The molecule has 0 aromatic heterocycles. The number of rotatable bonds is 1. The van der Waals surface area contributed by atoms with E-state index < -0.39 is 0 Å². The smallest absolute Gasteiger partial charge is 0.106 e. The first-order chi connectivity index (χ1) is 9.46. The van der Waals surface area contributed by atoms with E-state index in [-0.39, 0.29) is 0 Å². The Morgan fingerprint density at radius 3 is 2.45 bits per heavy atom. The fourth-order valence-electron chi connectivity index (χ4n) is 3.16. The van der Waals surface area contributed by atoms with Crippen molar-refractivity contribution in [3.05, 3.63) is 69.2 Å². The molecule has 1 aliphatic rings. The van der Waals surface area contributed by atoms with Crippen molar-refractivity contribution in [2.45, 2.75) is 12.5 Å². The Balaban J connectivity index is 2.18. The Bertz CT molecular complexity index is 635. The average Bonchev–Trinajstić information content (AvgIpc) is 2.40. The van der Waals surface area contributed by atoms with Gasteiger partial charge in [0, 0.05) is 10.6 Å². The first-order valence-electron chi connectivity index (χ1n) is 6.81. The highest BCUT2D eigenvalue weighted by molar-refractivity contribution is 6.35. The van der Waals surface area contributed by atoms with Crippen LogP contribution in [0.1, 0.15) is 22.6 Å². The number of fused-ring (bicyclic) bond motifs is 1. The summed E-state index contributed by atoms with van der Waals surface area (Å²) in [4.78, 5) is 0. The first-order valence-corrected chi connectivity index (χ1v) is 7.57. The standard InChI is InChI=1S/C17H18Cl2N/c1-20(2)10-15(12-6-4-3-5-7-12)14-8-13(18)9-17(19)16(14)11-20/h3-9,15H,10-11H2,1-2H3/q+1. The second-order valence-electron chi connectivity index (χ2n) is 6.20. The van der Waals surface area contributed by atoms with Crippen molar-refractivity contribution in [2.75, 3.05) is 20.6 Å². The maximum atomic E-state index is 6.43. The van der Waals surface area contributed by atoms with Gasteiger partial charge >= 0.3 is 0 Å². The third-order valence-electron chi connectivity index (χ3n) is 4.04. The predicted molar refractivity (Wildman–Crippen MR) is 85.4 cm³/mol. The van der Waals surface area contributed by atoms with Gasteiger partial charge in [0.25, 0.3) is 0 Å². The van der Waals surface area contributed by atoms with Crippen LogP contribution in [0, 0.1) is 0 Å². The van der Waals surface area contributed by atoms with Crippen molar-refractivity contribution < 1.29 is 4.48 Å². The molecule has 20 heavy (non-hydrogen) atoms. The van der Waals surface area contributed by atoms with Crippen LogP contribution in [0.2, 0.25) is 10.0 Å².